The molecule has 0 saturated carbocycles. The third-order valence-electron chi connectivity index (χ3n) is 6.34. The van der Waals surface area contributed by atoms with Crippen LogP contribution in [0.5, 0.6) is 6.01 Å². The molecule has 1 fully saturated rings. The van der Waals surface area contributed by atoms with Crippen LogP contribution in [0.25, 0.3) is 0 Å². The second-order valence-electron chi connectivity index (χ2n) is 9.43. The molecule has 10 nitrogen and oxygen atoms in total. The van der Waals surface area contributed by atoms with Crippen molar-refractivity contribution in [3.8, 4) is 6.01 Å². The number of carbonyl (C=O) groups is 1. The quantitative estimate of drug-likeness (QED) is 0.389. The topological polar surface area (TPSA) is 131 Å². The predicted octanol–water partition coefficient (Wildman–Crippen LogP) is 4.01. The van der Waals surface area contributed by atoms with E-state index in [4.69, 9.17) is 9.47 Å². The summed E-state index contributed by atoms with van der Waals surface area (Å²) in [7, 11) is -2.99. The first-order chi connectivity index (χ1) is 17.6. The van der Waals surface area contributed by atoms with Crippen molar-refractivity contribution in [3.63, 3.8) is 0 Å². The minimum Gasteiger partial charge on any atom is -0.481 e. The molecule has 1 atom stereocenters. The van der Waals surface area contributed by atoms with Gasteiger partial charge in [-0.2, -0.15) is 0 Å². The number of nitrogens with zero attached hydrogens (tertiary/aromatic N) is 3. The lowest BCUT2D eigenvalue weighted by Crippen LogP contribution is -2.41. The second kappa shape index (κ2) is 13.0. The molecule has 1 aliphatic heterocycles. The number of ether oxygens (including phenoxy) is 2. The molecule has 1 saturated heterocycles. The summed E-state index contributed by atoms with van der Waals surface area (Å²) >= 11 is 0. The third-order valence-corrected chi connectivity index (χ3v) is 8.05. The number of nitrogens with one attached hydrogen (secondary N) is 1. The molecule has 2 aromatic rings. The lowest BCUT2D eigenvalue weighted by atomic mass is 9.95. The van der Waals surface area contributed by atoms with Crippen LogP contribution in [0.4, 0.5) is 17.1 Å². The number of carboxylic acids is 1. The van der Waals surface area contributed by atoms with Crippen LogP contribution in [0.3, 0.4) is 0 Å². The Morgan fingerprint density at radius 1 is 1.19 bits per heavy atom. The van der Waals surface area contributed by atoms with E-state index >= 15 is 0 Å². The van der Waals surface area contributed by atoms with Crippen molar-refractivity contribution in [2.45, 2.75) is 65.0 Å². The average Bonchev–Trinajstić information content (AvgIpc) is 2.85. The molecular formula is C26H38N4O6S. The Morgan fingerprint density at radius 3 is 2.43 bits per heavy atom. The second-order valence-corrected chi connectivity index (χ2v) is 11.7. The number of benzene rings is 1. The van der Waals surface area contributed by atoms with E-state index in [1.807, 2.05) is 45.9 Å². The van der Waals surface area contributed by atoms with Gasteiger partial charge in [0.2, 0.25) is 0 Å². The van der Waals surface area contributed by atoms with Gasteiger partial charge in [-0.3, -0.25) is 4.79 Å². The number of carboxylic acid groups (broad SMARTS) is 1. The number of hydrogen-bond acceptors (Lipinski definition) is 9. The Kier molecular flexibility index (Phi) is 10.1. The van der Waals surface area contributed by atoms with E-state index in [2.05, 4.69) is 20.2 Å². The fourth-order valence-electron chi connectivity index (χ4n) is 4.50. The van der Waals surface area contributed by atoms with Gasteiger partial charge in [0.05, 0.1) is 66.7 Å². The molecule has 0 radical (unpaired) electrons. The molecule has 0 unspecified atom stereocenters. The van der Waals surface area contributed by atoms with Gasteiger partial charge in [0.1, 0.15) is 9.84 Å². The molecule has 204 valence electrons. The van der Waals surface area contributed by atoms with Crippen LogP contribution in [0, 0.1) is 0 Å². The fourth-order valence-corrected chi connectivity index (χ4v) is 5.97. The molecule has 2 N–H and O–H groups in total. The summed E-state index contributed by atoms with van der Waals surface area (Å²) in [6.45, 7) is 9.18. The zero-order valence-corrected chi connectivity index (χ0v) is 22.8. The van der Waals surface area contributed by atoms with E-state index < -0.39 is 15.8 Å². The van der Waals surface area contributed by atoms with Crippen molar-refractivity contribution in [2.75, 3.05) is 41.5 Å². The Balaban J connectivity index is 1.98. The van der Waals surface area contributed by atoms with Crippen LogP contribution in [-0.4, -0.2) is 72.9 Å². The van der Waals surface area contributed by atoms with Crippen molar-refractivity contribution in [1.82, 2.24) is 9.97 Å². The first-order valence-corrected chi connectivity index (χ1v) is 14.6. The number of rotatable bonds is 13. The largest absolute Gasteiger partial charge is 0.481 e. The molecule has 0 bridgehead atoms. The highest BCUT2D eigenvalue weighted by molar-refractivity contribution is 7.91. The highest BCUT2D eigenvalue weighted by Crippen LogP contribution is 2.36. The van der Waals surface area contributed by atoms with Gasteiger partial charge in [-0.05, 0) is 58.2 Å². The lowest BCUT2D eigenvalue weighted by Gasteiger charge is -2.36. The fraction of sp³-hybridized carbons (Fsp3) is 0.577. The van der Waals surface area contributed by atoms with Gasteiger partial charge in [-0.1, -0.05) is 6.07 Å². The smallest absolute Gasteiger partial charge is 0.316 e. The van der Waals surface area contributed by atoms with Crippen molar-refractivity contribution in [2.24, 2.45) is 0 Å². The third kappa shape index (κ3) is 8.29. The highest BCUT2D eigenvalue weighted by Gasteiger charge is 2.29. The first kappa shape index (κ1) is 28.6. The van der Waals surface area contributed by atoms with E-state index in [9.17, 15) is 18.3 Å². The van der Waals surface area contributed by atoms with Gasteiger partial charge in [-0.15, -0.1) is 0 Å². The Hall–Kier alpha value is -2.92. The SMILES string of the molecule is CCOc1ncc(Nc2cc([C@H](COC(C)C)CC(=O)O)ccc2N(CC)C2CCS(=O)(=O)CC2)cn1. The number of aromatic nitrogens is 2. The number of anilines is 3. The molecule has 37 heavy (non-hydrogen) atoms. The zero-order valence-electron chi connectivity index (χ0n) is 22.0. The summed E-state index contributed by atoms with van der Waals surface area (Å²) in [6.07, 6.45) is 4.31. The molecule has 3 rings (SSSR count). The standard InChI is InChI=1S/C26H38N4O6S/c1-5-30(22-9-11-37(33,34)12-10-22)24-8-7-19(20(14-25(31)32)17-36-18(3)4)13-23(24)29-21-15-27-26(28-16-21)35-6-2/h7-8,13,15-16,18,20,22,29H,5-6,9-12,14,17H2,1-4H3,(H,31,32)/t20-/m0/s1. The summed E-state index contributed by atoms with van der Waals surface area (Å²) in [5.74, 6) is -0.875. The van der Waals surface area contributed by atoms with Crippen molar-refractivity contribution in [3.05, 3.63) is 36.2 Å². The maximum absolute atomic E-state index is 12.0. The summed E-state index contributed by atoms with van der Waals surface area (Å²) < 4.78 is 35.2. The van der Waals surface area contributed by atoms with Crippen LogP contribution >= 0.6 is 0 Å². The maximum atomic E-state index is 12.0. The van der Waals surface area contributed by atoms with Crippen LogP contribution < -0.4 is 15.0 Å². The van der Waals surface area contributed by atoms with E-state index in [0.29, 0.717) is 31.7 Å². The highest BCUT2D eigenvalue weighted by atomic mass is 32.2. The predicted molar refractivity (Wildman–Crippen MR) is 144 cm³/mol. The van der Waals surface area contributed by atoms with Crippen LogP contribution in [-0.2, 0) is 19.4 Å². The van der Waals surface area contributed by atoms with Crippen LogP contribution in [0.1, 0.15) is 58.4 Å². The summed E-state index contributed by atoms with van der Waals surface area (Å²) in [4.78, 5) is 22.3. The zero-order chi connectivity index (χ0) is 27.0. The van der Waals surface area contributed by atoms with Gasteiger partial charge < -0.3 is 24.8 Å². The van der Waals surface area contributed by atoms with Crippen molar-refractivity contribution < 1.29 is 27.8 Å². The molecule has 0 amide bonds. The maximum Gasteiger partial charge on any atom is 0.316 e. The summed E-state index contributed by atoms with van der Waals surface area (Å²) in [5, 5.41) is 12.9. The van der Waals surface area contributed by atoms with E-state index in [0.717, 1.165) is 16.9 Å². The molecule has 0 aliphatic carbocycles. The molecule has 1 aliphatic rings. The number of sulfone groups is 1. The van der Waals surface area contributed by atoms with Crippen molar-refractivity contribution in [1.29, 1.82) is 0 Å². The monoisotopic (exact) mass is 534 g/mol. The lowest BCUT2D eigenvalue weighted by molar-refractivity contribution is -0.138. The molecular weight excluding hydrogens is 496 g/mol. The van der Waals surface area contributed by atoms with Gasteiger partial charge in [0.15, 0.2) is 0 Å². The van der Waals surface area contributed by atoms with Gasteiger partial charge in [0, 0.05) is 18.5 Å². The molecule has 11 heteroatoms. The Labute approximate surface area is 219 Å². The minimum absolute atomic E-state index is 0.0210. The van der Waals surface area contributed by atoms with E-state index in [-0.39, 0.29) is 48.6 Å². The number of aliphatic carboxylic acids is 1. The Morgan fingerprint density at radius 2 is 1.86 bits per heavy atom. The van der Waals surface area contributed by atoms with Crippen LogP contribution in [0.2, 0.25) is 0 Å². The van der Waals surface area contributed by atoms with Crippen LogP contribution in [0.15, 0.2) is 30.6 Å². The van der Waals surface area contributed by atoms with E-state index in [1.54, 1.807) is 12.4 Å². The first-order valence-electron chi connectivity index (χ1n) is 12.8. The van der Waals surface area contributed by atoms with Crippen molar-refractivity contribution >= 4 is 32.9 Å². The van der Waals surface area contributed by atoms with Gasteiger partial charge in [0.25, 0.3) is 0 Å². The molecule has 1 aromatic carbocycles. The average molecular weight is 535 g/mol. The summed E-state index contributed by atoms with van der Waals surface area (Å²) in [6, 6.07) is 6.23. The minimum atomic E-state index is -2.99. The molecule has 1 aromatic heterocycles. The molecule has 0 spiro atoms. The van der Waals surface area contributed by atoms with Gasteiger partial charge in [-0.25, -0.2) is 18.4 Å². The summed E-state index contributed by atoms with van der Waals surface area (Å²) in [5.41, 5.74) is 3.16. The van der Waals surface area contributed by atoms with Gasteiger partial charge >= 0.3 is 12.0 Å². The number of hydrogen-bond donors (Lipinski definition) is 2. The molecule has 2 heterocycles. The normalized spacial score (nSPS) is 16.4. The Bertz CT molecular complexity index is 1130. The van der Waals surface area contributed by atoms with E-state index in [1.165, 1.54) is 0 Å².